The third-order valence-electron chi connectivity index (χ3n) is 4.11. The lowest BCUT2D eigenvalue weighted by Crippen LogP contribution is -2.12. The van der Waals surface area contributed by atoms with Crippen LogP contribution < -0.4 is 5.32 Å². The number of benzene rings is 2. The zero-order valence-corrected chi connectivity index (χ0v) is 16.8. The third-order valence-corrected chi connectivity index (χ3v) is 5.12. The van der Waals surface area contributed by atoms with E-state index in [1.54, 1.807) is 6.07 Å². The molecule has 2 aromatic carbocycles. The number of aryl methyl sites for hydroxylation is 2. The van der Waals surface area contributed by atoms with Gasteiger partial charge < -0.3 is 4.42 Å². The van der Waals surface area contributed by atoms with Gasteiger partial charge in [-0.3, -0.25) is 10.1 Å². The molecule has 0 aliphatic heterocycles. The highest BCUT2D eigenvalue weighted by molar-refractivity contribution is 7.99. The molecule has 1 aromatic heterocycles. The fraction of sp³-hybridized carbons (Fsp3) is 0.286. The maximum atomic E-state index is 12.3. The van der Waals surface area contributed by atoms with Crippen LogP contribution in [0.2, 0.25) is 0 Å². The summed E-state index contributed by atoms with van der Waals surface area (Å²) < 4.78 is 5.57. The van der Waals surface area contributed by atoms with Crippen LogP contribution in [0.15, 0.2) is 51.8 Å². The molecule has 5 nitrogen and oxygen atoms in total. The van der Waals surface area contributed by atoms with E-state index < -0.39 is 0 Å². The molecule has 0 atom stereocenters. The van der Waals surface area contributed by atoms with Gasteiger partial charge in [-0.05, 0) is 54.8 Å². The van der Waals surface area contributed by atoms with Crippen molar-refractivity contribution in [1.82, 2.24) is 10.2 Å². The van der Waals surface area contributed by atoms with E-state index in [-0.39, 0.29) is 11.9 Å². The van der Waals surface area contributed by atoms with Crippen LogP contribution in [-0.2, 0) is 6.42 Å². The molecule has 3 rings (SSSR count). The Morgan fingerprint density at radius 2 is 1.81 bits per heavy atom. The van der Waals surface area contributed by atoms with Gasteiger partial charge in [0.25, 0.3) is 5.91 Å². The van der Waals surface area contributed by atoms with E-state index in [0.717, 1.165) is 16.7 Å². The van der Waals surface area contributed by atoms with E-state index in [4.69, 9.17) is 4.42 Å². The van der Waals surface area contributed by atoms with Gasteiger partial charge in [0.2, 0.25) is 5.89 Å². The van der Waals surface area contributed by atoms with E-state index in [9.17, 15) is 4.79 Å². The fourth-order valence-corrected chi connectivity index (χ4v) is 3.40. The molecule has 0 bridgehead atoms. The standard InChI is InChI=1S/C21H23N3O2S/c1-13(2)27-18-9-6-16(7-10-18)12-19-23-24-21(26-19)22-20(25)17-8-5-14(3)15(4)11-17/h5-11,13H,12H2,1-4H3,(H,22,24,25). The summed E-state index contributed by atoms with van der Waals surface area (Å²) in [6.07, 6.45) is 0.527. The smallest absolute Gasteiger partial charge is 0.322 e. The second kappa shape index (κ2) is 8.39. The number of carbonyl (C=O) groups is 1. The first kappa shape index (κ1) is 19.2. The zero-order chi connectivity index (χ0) is 19.4. The first-order valence-corrected chi connectivity index (χ1v) is 9.75. The number of anilines is 1. The van der Waals surface area contributed by atoms with Crippen molar-refractivity contribution < 1.29 is 9.21 Å². The molecule has 140 valence electrons. The van der Waals surface area contributed by atoms with Gasteiger partial charge in [-0.2, -0.15) is 0 Å². The molecular weight excluding hydrogens is 358 g/mol. The van der Waals surface area contributed by atoms with Crippen molar-refractivity contribution in [1.29, 1.82) is 0 Å². The Morgan fingerprint density at radius 3 is 2.48 bits per heavy atom. The van der Waals surface area contributed by atoms with Crippen molar-refractivity contribution >= 4 is 23.7 Å². The molecule has 1 heterocycles. The van der Waals surface area contributed by atoms with Crippen LogP contribution in [0.5, 0.6) is 0 Å². The van der Waals surface area contributed by atoms with Crippen molar-refractivity contribution in [3.8, 4) is 0 Å². The summed E-state index contributed by atoms with van der Waals surface area (Å²) in [6, 6.07) is 14.0. The number of aromatic nitrogens is 2. The Hall–Kier alpha value is -2.60. The van der Waals surface area contributed by atoms with Gasteiger partial charge in [-0.15, -0.1) is 16.9 Å². The van der Waals surface area contributed by atoms with Gasteiger partial charge in [0.1, 0.15) is 0 Å². The Bertz CT molecular complexity index is 933. The van der Waals surface area contributed by atoms with Crippen LogP contribution >= 0.6 is 11.8 Å². The van der Waals surface area contributed by atoms with Gasteiger partial charge in [0.05, 0.1) is 6.42 Å². The maximum Gasteiger partial charge on any atom is 0.322 e. The first-order chi connectivity index (χ1) is 12.9. The molecule has 1 N–H and O–H groups in total. The Kier molecular flexibility index (Phi) is 5.96. The molecule has 3 aromatic rings. The van der Waals surface area contributed by atoms with Crippen LogP contribution in [0.4, 0.5) is 6.01 Å². The molecule has 6 heteroatoms. The summed E-state index contributed by atoms with van der Waals surface area (Å²) in [6.45, 7) is 8.33. The molecule has 27 heavy (non-hydrogen) atoms. The summed E-state index contributed by atoms with van der Waals surface area (Å²) in [5, 5.41) is 11.2. The van der Waals surface area contributed by atoms with Crippen LogP contribution in [0.25, 0.3) is 0 Å². The van der Waals surface area contributed by atoms with E-state index in [1.807, 2.05) is 37.7 Å². The van der Waals surface area contributed by atoms with Crippen LogP contribution in [0.1, 0.15) is 46.8 Å². The molecule has 0 fully saturated rings. The normalized spacial score (nSPS) is 11.0. The summed E-state index contributed by atoms with van der Waals surface area (Å²) in [7, 11) is 0. The van der Waals surface area contributed by atoms with Crippen molar-refractivity contribution in [3.05, 3.63) is 70.6 Å². The highest BCUT2D eigenvalue weighted by Gasteiger charge is 2.12. The first-order valence-electron chi connectivity index (χ1n) is 8.87. The minimum Gasteiger partial charge on any atom is -0.407 e. The van der Waals surface area contributed by atoms with Gasteiger partial charge in [-0.25, -0.2) is 0 Å². The second-order valence-corrected chi connectivity index (χ2v) is 8.39. The quantitative estimate of drug-likeness (QED) is 0.607. The van der Waals surface area contributed by atoms with Crippen molar-refractivity contribution in [2.24, 2.45) is 0 Å². The predicted molar refractivity (Wildman–Crippen MR) is 108 cm³/mol. The summed E-state index contributed by atoms with van der Waals surface area (Å²) >= 11 is 1.83. The van der Waals surface area contributed by atoms with E-state index in [1.165, 1.54) is 4.90 Å². The summed E-state index contributed by atoms with van der Waals surface area (Å²) in [5.41, 5.74) is 3.85. The number of amides is 1. The number of hydrogen-bond donors (Lipinski definition) is 1. The highest BCUT2D eigenvalue weighted by atomic mass is 32.2. The SMILES string of the molecule is Cc1ccc(C(=O)Nc2nnc(Cc3ccc(SC(C)C)cc3)o2)cc1C. The van der Waals surface area contributed by atoms with Gasteiger partial charge in [-0.1, -0.05) is 37.1 Å². The van der Waals surface area contributed by atoms with Crippen molar-refractivity contribution in [2.45, 2.75) is 44.3 Å². The number of nitrogens with zero attached hydrogens (tertiary/aromatic N) is 2. The average Bonchev–Trinajstić information content (AvgIpc) is 3.05. The van der Waals surface area contributed by atoms with Crippen LogP contribution in [0.3, 0.4) is 0 Å². The average molecular weight is 382 g/mol. The third kappa shape index (κ3) is 5.20. The molecule has 0 aliphatic carbocycles. The van der Waals surface area contributed by atoms with Crippen molar-refractivity contribution in [3.63, 3.8) is 0 Å². The summed E-state index contributed by atoms with van der Waals surface area (Å²) in [5.74, 6) is 0.206. The molecule has 0 saturated heterocycles. The number of nitrogens with one attached hydrogen (secondary N) is 1. The molecule has 0 radical (unpaired) electrons. The largest absolute Gasteiger partial charge is 0.407 e. The number of hydrogen-bond acceptors (Lipinski definition) is 5. The molecular formula is C21H23N3O2S. The Labute approximate surface area is 163 Å². The maximum absolute atomic E-state index is 12.3. The lowest BCUT2D eigenvalue weighted by Gasteiger charge is -2.05. The van der Waals surface area contributed by atoms with Gasteiger partial charge in [0, 0.05) is 15.7 Å². The van der Waals surface area contributed by atoms with Crippen LogP contribution in [-0.4, -0.2) is 21.4 Å². The Morgan fingerprint density at radius 1 is 1.07 bits per heavy atom. The lowest BCUT2D eigenvalue weighted by molar-refractivity contribution is 0.102. The van der Waals surface area contributed by atoms with E-state index >= 15 is 0 Å². The predicted octanol–water partition coefficient (Wildman–Crippen LogP) is 5.03. The molecule has 0 aliphatic rings. The minimum absolute atomic E-state index is 0.111. The molecule has 0 saturated carbocycles. The van der Waals surface area contributed by atoms with E-state index in [0.29, 0.717) is 23.1 Å². The number of rotatable bonds is 6. The molecule has 0 unspecified atom stereocenters. The second-order valence-electron chi connectivity index (χ2n) is 6.74. The fourth-order valence-electron chi connectivity index (χ4n) is 2.56. The lowest BCUT2D eigenvalue weighted by atomic mass is 10.1. The van der Waals surface area contributed by atoms with Gasteiger partial charge in [0.15, 0.2) is 0 Å². The number of carbonyl (C=O) groups excluding carboxylic acids is 1. The monoisotopic (exact) mass is 381 g/mol. The molecule has 0 spiro atoms. The van der Waals surface area contributed by atoms with E-state index in [2.05, 4.69) is 53.6 Å². The van der Waals surface area contributed by atoms with Crippen LogP contribution in [0, 0.1) is 13.8 Å². The van der Waals surface area contributed by atoms with Crippen molar-refractivity contribution in [2.75, 3.05) is 5.32 Å². The highest BCUT2D eigenvalue weighted by Crippen LogP contribution is 2.23. The zero-order valence-electron chi connectivity index (χ0n) is 15.9. The Balaban J connectivity index is 1.62. The number of thioether (sulfide) groups is 1. The topological polar surface area (TPSA) is 68.0 Å². The van der Waals surface area contributed by atoms with Gasteiger partial charge >= 0.3 is 6.01 Å². The summed E-state index contributed by atoms with van der Waals surface area (Å²) in [4.78, 5) is 13.6. The molecule has 1 amide bonds. The minimum atomic E-state index is -0.261.